The molecule has 1 atom stereocenters. The maximum absolute atomic E-state index is 13.9. The fourth-order valence-electron chi connectivity index (χ4n) is 5.33. The summed E-state index contributed by atoms with van der Waals surface area (Å²) in [5.74, 6) is 1.68. The molecule has 2 N–H and O–H groups in total. The van der Waals surface area contributed by atoms with Gasteiger partial charge in [0, 0.05) is 34.6 Å². The number of carbonyl (C=O) groups is 1. The Balaban J connectivity index is 1.55. The van der Waals surface area contributed by atoms with Gasteiger partial charge in [0.1, 0.15) is 5.75 Å². The summed E-state index contributed by atoms with van der Waals surface area (Å²) in [5.41, 5.74) is 4.42. The van der Waals surface area contributed by atoms with Crippen LogP contribution >= 0.6 is 0 Å². The molecule has 0 aliphatic rings. The number of aryl methyl sites for hydroxylation is 1. The number of benzene rings is 3. The zero-order valence-corrected chi connectivity index (χ0v) is 24.4. The van der Waals surface area contributed by atoms with E-state index < -0.39 is 6.04 Å². The van der Waals surface area contributed by atoms with Gasteiger partial charge in [0.2, 0.25) is 5.75 Å². The maximum Gasteiger partial charge on any atom is 0.252 e. The Hall–Kier alpha value is -4.76. The van der Waals surface area contributed by atoms with Crippen LogP contribution in [-0.4, -0.2) is 61.7 Å². The third-order valence-electron chi connectivity index (χ3n) is 7.45. The van der Waals surface area contributed by atoms with Crippen molar-refractivity contribution in [3.63, 3.8) is 0 Å². The van der Waals surface area contributed by atoms with Gasteiger partial charge in [0.25, 0.3) is 5.91 Å². The molecule has 9 heteroatoms. The molecule has 42 heavy (non-hydrogen) atoms. The molecule has 0 spiro atoms. The van der Waals surface area contributed by atoms with Gasteiger partial charge in [-0.2, -0.15) is 0 Å². The minimum atomic E-state index is -0.507. The van der Waals surface area contributed by atoms with Gasteiger partial charge in [-0.05, 0) is 61.4 Å². The highest BCUT2D eigenvalue weighted by Gasteiger charge is 2.21. The van der Waals surface area contributed by atoms with E-state index >= 15 is 0 Å². The summed E-state index contributed by atoms with van der Waals surface area (Å²) in [7, 11) is 6.22. The number of methoxy groups -OCH3 is 4. The third kappa shape index (κ3) is 5.43. The van der Waals surface area contributed by atoms with Crippen LogP contribution in [-0.2, 0) is 13.0 Å². The molecule has 0 radical (unpaired) electrons. The van der Waals surface area contributed by atoms with E-state index in [1.807, 2.05) is 18.2 Å². The van der Waals surface area contributed by atoms with Crippen molar-refractivity contribution in [2.24, 2.45) is 0 Å². The molecule has 5 aromatic rings. The zero-order chi connectivity index (χ0) is 29.8. The lowest BCUT2D eigenvalue weighted by Crippen LogP contribution is -2.39. The molecule has 0 aliphatic carbocycles. The van der Waals surface area contributed by atoms with E-state index in [1.165, 1.54) is 0 Å². The predicted octanol–water partition coefficient (Wildman–Crippen LogP) is 5.24. The smallest absolute Gasteiger partial charge is 0.252 e. The molecular formula is C33H35N3O6. The van der Waals surface area contributed by atoms with Gasteiger partial charge in [-0.3, -0.25) is 4.79 Å². The zero-order valence-electron chi connectivity index (χ0n) is 24.4. The Bertz CT molecular complexity index is 1720. The Labute approximate surface area is 244 Å². The Morgan fingerprint density at radius 1 is 0.929 bits per heavy atom. The summed E-state index contributed by atoms with van der Waals surface area (Å²) >= 11 is 0. The number of fused-ring (bicyclic) bond motifs is 2. The monoisotopic (exact) mass is 569 g/mol. The number of pyridine rings is 1. The highest BCUT2D eigenvalue weighted by Crippen LogP contribution is 2.41. The molecule has 2 heterocycles. The summed E-state index contributed by atoms with van der Waals surface area (Å²) in [5, 5.41) is 15.1. The van der Waals surface area contributed by atoms with E-state index in [1.54, 1.807) is 58.8 Å². The third-order valence-corrected chi connectivity index (χ3v) is 7.45. The van der Waals surface area contributed by atoms with Crippen LogP contribution in [0.25, 0.3) is 33.1 Å². The molecule has 218 valence electrons. The van der Waals surface area contributed by atoms with Crippen LogP contribution in [0.5, 0.6) is 23.0 Å². The lowest BCUT2D eigenvalue weighted by molar-refractivity contribution is 0.0918. The number of hydrogen-bond donors (Lipinski definition) is 2. The first-order valence-electron chi connectivity index (χ1n) is 13.7. The van der Waals surface area contributed by atoms with Crippen LogP contribution in [0, 0.1) is 0 Å². The largest absolute Gasteiger partial charge is 0.497 e. The van der Waals surface area contributed by atoms with Gasteiger partial charge in [-0.1, -0.05) is 18.2 Å². The number of aliphatic hydroxyl groups excluding tert-OH is 1. The van der Waals surface area contributed by atoms with Crippen molar-refractivity contribution in [3.05, 3.63) is 78.0 Å². The van der Waals surface area contributed by atoms with Gasteiger partial charge in [0.15, 0.2) is 11.5 Å². The highest BCUT2D eigenvalue weighted by molar-refractivity contribution is 6.07. The molecule has 5 rings (SSSR count). The maximum atomic E-state index is 13.9. The van der Waals surface area contributed by atoms with Gasteiger partial charge in [-0.25, -0.2) is 4.98 Å². The van der Waals surface area contributed by atoms with Crippen molar-refractivity contribution in [1.29, 1.82) is 0 Å². The number of nitrogens with zero attached hydrogens (tertiary/aromatic N) is 2. The number of nitrogens with one attached hydrogen (secondary N) is 1. The second kappa shape index (κ2) is 12.4. The topological polar surface area (TPSA) is 104 Å². The minimum absolute atomic E-state index is 0.219. The fourth-order valence-corrected chi connectivity index (χ4v) is 5.33. The van der Waals surface area contributed by atoms with Crippen molar-refractivity contribution in [2.45, 2.75) is 25.9 Å². The lowest BCUT2D eigenvalue weighted by atomic mass is 10.0. The molecule has 0 unspecified atom stereocenters. The molecule has 2 aromatic heterocycles. The number of carbonyl (C=O) groups excluding carboxylic acids is 1. The number of ether oxygens (including phenoxy) is 4. The standard InChI is InChI=1S/C33H35N3O6/c1-6-36-18-21(24-9-7-8-10-29(24)36)13-22(19-37)34-33(38)26-17-28(35-27-12-11-23(39-2)16-25(26)27)20-14-30(40-3)32(42-5)31(15-20)41-4/h7-12,14-18,22,37H,6,13,19H2,1-5H3,(H,34,38)/t22-/m1/s1. The number of aliphatic hydroxyl groups is 1. The quantitative estimate of drug-likeness (QED) is 0.224. The summed E-state index contributed by atoms with van der Waals surface area (Å²) in [4.78, 5) is 18.8. The van der Waals surface area contributed by atoms with E-state index in [2.05, 4.69) is 35.1 Å². The molecular weight excluding hydrogens is 534 g/mol. The van der Waals surface area contributed by atoms with Crippen LogP contribution in [0.4, 0.5) is 0 Å². The minimum Gasteiger partial charge on any atom is -0.497 e. The summed E-state index contributed by atoms with van der Waals surface area (Å²) < 4.78 is 24.2. The number of para-hydroxylation sites is 1. The normalized spacial score (nSPS) is 11.9. The van der Waals surface area contributed by atoms with Crippen LogP contribution in [0.3, 0.4) is 0 Å². The number of aromatic nitrogens is 2. The van der Waals surface area contributed by atoms with E-state index in [-0.39, 0.29) is 12.5 Å². The van der Waals surface area contributed by atoms with Crippen molar-refractivity contribution in [3.8, 4) is 34.3 Å². The predicted molar refractivity (Wildman–Crippen MR) is 163 cm³/mol. The van der Waals surface area contributed by atoms with Gasteiger partial charge in [-0.15, -0.1) is 0 Å². The summed E-state index contributed by atoms with van der Waals surface area (Å²) in [6, 6.07) is 18.4. The first-order chi connectivity index (χ1) is 20.4. The lowest BCUT2D eigenvalue weighted by Gasteiger charge is -2.18. The molecule has 0 fully saturated rings. The van der Waals surface area contributed by atoms with Crippen molar-refractivity contribution >= 4 is 27.7 Å². The number of hydrogen-bond acceptors (Lipinski definition) is 7. The van der Waals surface area contributed by atoms with Gasteiger partial charge in [0.05, 0.1) is 57.9 Å². The van der Waals surface area contributed by atoms with Crippen molar-refractivity contribution in [1.82, 2.24) is 14.9 Å². The second-order valence-corrected chi connectivity index (χ2v) is 9.87. The first-order valence-corrected chi connectivity index (χ1v) is 13.7. The summed E-state index contributed by atoms with van der Waals surface area (Å²) in [6.45, 7) is 2.70. The molecule has 9 nitrogen and oxygen atoms in total. The average Bonchev–Trinajstić information content (AvgIpc) is 3.39. The average molecular weight is 570 g/mol. The number of amides is 1. The van der Waals surface area contributed by atoms with E-state index in [0.29, 0.717) is 57.1 Å². The van der Waals surface area contributed by atoms with Crippen LogP contribution in [0.2, 0.25) is 0 Å². The Kier molecular flexibility index (Phi) is 8.49. The van der Waals surface area contributed by atoms with E-state index in [4.69, 9.17) is 23.9 Å². The second-order valence-electron chi connectivity index (χ2n) is 9.87. The van der Waals surface area contributed by atoms with Crippen LogP contribution < -0.4 is 24.3 Å². The molecule has 0 bridgehead atoms. The van der Waals surface area contributed by atoms with Crippen molar-refractivity contribution < 1.29 is 28.8 Å². The van der Waals surface area contributed by atoms with Crippen molar-refractivity contribution in [2.75, 3.05) is 35.0 Å². The summed E-state index contributed by atoms with van der Waals surface area (Å²) in [6.07, 6.45) is 2.57. The van der Waals surface area contributed by atoms with E-state index in [9.17, 15) is 9.90 Å². The van der Waals surface area contributed by atoms with Crippen LogP contribution in [0.15, 0.2) is 66.9 Å². The fraction of sp³-hybridized carbons (Fsp3) is 0.273. The molecule has 0 saturated heterocycles. The molecule has 0 aliphatic heterocycles. The first kappa shape index (κ1) is 28.8. The molecule has 3 aromatic carbocycles. The number of rotatable bonds is 11. The SMILES string of the molecule is CCn1cc(C[C@H](CO)NC(=O)c2cc(-c3cc(OC)c(OC)c(OC)c3)nc3ccc(OC)cc23)c2ccccc21. The Morgan fingerprint density at radius 2 is 1.67 bits per heavy atom. The highest BCUT2D eigenvalue weighted by atomic mass is 16.5. The molecule has 1 amide bonds. The van der Waals surface area contributed by atoms with Crippen LogP contribution in [0.1, 0.15) is 22.8 Å². The molecule has 0 saturated carbocycles. The Morgan fingerprint density at radius 3 is 2.31 bits per heavy atom. The van der Waals surface area contributed by atoms with Gasteiger partial charge < -0.3 is 33.9 Å². The van der Waals surface area contributed by atoms with Gasteiger partial charge >= 0.3 is 0 Å². The van der Waals surface area contributed by atoms with E-state index in [0.717, 1.165) is 23.0 Å².